The molecule has 0 saturated carbocycles. The Balaban J connectivity index is 2.27. The van der Waals surface area contributed by atoms with Crippen molar-refractivity contribution in [3.8, 4) is 5.75 Å². The molecular weight excluding hydrogens is 208 g/mol. The fraction of sp³-hybridized carbons (Fsp3) is 0.500. The standard InChI is InChI=1S/C16H24O/c1-4-5-6-7-8-9-10-17-16-12-14(2)11-15(3)13-16/h9-13H,4-8H2,1-3H3/b10-9+. The molecule has 0 aliphatic rings. The molecule has 0 N–H and O–H groups in total. The van der Waals surface area contributed by atoms with Crippen LogP contribution in [0.15, 0.2) is 30.5 Å². The Morgan fingerprint density at radius 1 is 1.00 bits per heavy atom. The van der Waals surface area contributed by atoms with E-state index in [9.17, 15) is 0 Å². The van der Waals surface area contributed by atoms with Gasteiger partial charge in [0.25, 0.3) is 0 Å². The fourth-order valence-electron chi connectivity index (χ4n) is 1.88. The molecule has 0 fully saturated rings. The van der Waals surface area contributed by atoms with Gasteiger partial charge in [0.2, 0.25) is 0 Å². The van der Waals surface area contributed by atoms with Gasteiger partial charge in [0, 0.05) is 0 Å². The number of hydrogen-bond acceptors (Lipinski definition) is 1. The second-order valence-corrected chi connectivity index (χ2v) is 4.66. The van der Waals surface area contributed by atoms with E-state index in [1.165, 1.54) is 36.8 Å². The van der Waals surface area contributed by atoms with Gasteiger partial charge in [0.05, 0.1) is 6.26 Å². The molecule has 1 heteroatoms. The molecule has 17 heavy (non-hydrogen) atoms. The van der Waals surface area contributed by atoms with Gasteiger partial charge in [-0.05, 0) is 56.0 Å². The maximum Gasteiger partial charge on any atom is 0.127 e. The van der Waals surface area contributed by atoms with E-state index in [4.69, 9.17) is 4.74 Å². The Labute approximate surface area is 106 Å². The number of hydrogen-bond donors (Lipinski definition) is 0. The van der Waals surface area contributed by atoms with Crippen LogP contribution in [-0.2, 0) is 0 Å². The summed E-state index contributed by atoms with van der Waals surface area (Å²) in [6.07, 6.45) is 10.3. The third-order valence-electron chi connectivity index (χ3n) is 2.72. The lowest BCUT2D eigenvalue weighted by atomic mass is 10.1. The zero-order chi connectivity index (χ0) is 12.5. The maximum atomic E-state index is 5.59. The highest BCUT2D eigenvalue weighted by atomic mass is 16.5. The van der Waals surface area contributed by atoms with Crippen LogP contribution in [-0.4, -0.2) is 0 Å². The van der Waals surface area contributed by atoms with Crippen LogP contribution >= 0.6 is 0 Å². The molecule has 0 atom stereocenters. The van der Waals surface area contributed by atoms with Crippen molar-refractivity contribution in [3.05, 3.63) is 41.7 Å². The molecule has 1 aromatic carbocycles. The zero-order valence-corrected chi connectivity index (χ0v) is 11.3. The van der Waals surface area contributed by atoms with Crippen molar-refractivity contribution in [3.63, 3.8) is 0 Å². The van der Waals surface area contributed by atoms with Crippen LogP contribution in [0.3, 0.4) is 0 Å². The number of allylic oxidation sites excluding steroid dienone is 1. The molecule has 0 heterocycles. The highest BCUT2D eigenvalue weighted by Gasteiger charge is 1.94. The summed E-state index contributed by atoms with van der Waals surface area (Å²) < 4.78 is 5.59. The van der Waals surface area contributed by atoms with E-state index in [0.29, 0.717) is 0 Å². The van der Waals surface area contributed by atoms with E-state index < -0.39 is 0 Å². The first kappa shape index (κ1) is 13.8. The SMILES string of the molecule is CCCCCC/C=C/Oc1cc(C)cc(C)c1. The molecule has 1 rings (SSSR count). The first-order chi connectivity index (χ1) is 8.22. The highest BCUT2D eigenvalue weighted by molar-refractivity contribution is 5.33. The van der Waals surface area contributed by atoms with Crippen molar-refractivity contribution in [2.45, 2.75) is 52.9 Å². The Morgan fingerprint density at radius 2 is 1.71 bits per heavy atom. The lowest BCUT2D eigenvalue weighted by Gasteiger charge is -2.03. The van der Waals surface area contributed by atoms with Gasteiger partial charge in [-0.2, -0.15) is 0 Å². The van der Waals surface area contributed by atoms with E-state index in [1.54, 1.807) is 0 Å². The Hall–Kier alpha value is -1.24. The lowest BCUT2D eigenvalue weighted by Crippen LogP contribution is -1.85. The molecule has 1 aromatic rings. The zero-order valence-electron chi connectivity index (χ0n) is 11.3. The average molecular weight is 232 g/mol. The number of unbranched alkanes of at least 4 members (excludes halogenated alkanes) is 4. The van der Waals surface area contributed by atoms with E-state index in [1.807, 2.05) is 6.26 Å². The maximum absolute atomic E-state index is 5.59. The van der Waals surface area contributed by atoms with Crippen molar-refractivity contribution in [2.75, 3.05) is 0 Å². The summed E-state index contributed by atoms with van der Waals surface area (Å²) in [6, 6.07) is 6.28. The molecule has 0 radical (unpaired) electrons. The van der Waals surface area contributed by atoms with Crippen LogP contribution in [0.25, 0.3) is 0 Å². The van der Waals surface area contributed by atoms with Gasteiger partial charge in [-0.1, -0.05) is 32.3 Å². The van der Waals surface area contributed by atoms with Gasteiger partial charge in [0.1, 0.15) is 5.75 Å². The first-order valence-corrected chi connectivity index (χ1v) is 6.62. The van der Waals surface area contributed by atoms with Gasteiger partial charge in [-0.3, -0.25) is 0 Å². The smallest absolute Gasteiger partial charge is 0.127 e. The average Bonchev–Trinajstić information content (AvgIpc) is 2.26. The van der Waals surface area contributed by atoms with Gasteiger partial charge in [-0.15, -0.1) is 0 Å². The predicted molar refractivity (Wildman–Crippen MR) is 74.4 cm³/mol. The Morgan fingerprint density at radius 3 is 2.35 bits per heavy atom. The van der Waals surface area contributed by atoms with E-state index in [0.717, 1.165) is 12.2 Å². The minimum atomic E-state index is 0.937. The van der Waals surface area contributed by atoms with Gasteiger partial charge < -0.3 is 4.74 Å². The first-order valence-electron chi connectivity index (χ1n) is 6.62. The quantitative estimate of drug-likeness (QED) is 0.465. The molecule has 0 spiro atoms. The largest absolute Gasteiger partial charge is 0.465 e. The van der Waals surface area contributed by atoms with Crippen molar-refractivity contribution in [2.24, 2.45) is 0 Å². The number of aryl methyl sites for hydroxylation is 2. The lowest BCUT2D eigenvalue weighted by molar-refractivity contribution is 0.477. The van der Waals surface area contributed by atoms with Crippen molar-refractivity contribution in [1.29, 1.82) is 0 Å². The molecule has 94 valence electrons. The van der Waals surface area contributed by atoms with Gasteiger partial charge in [0.15, 0.2) is 0 Å². The Bertz CT molecular complexity index is 332. The summed E-state index contributed by atoms with van der Waals surface area (Å²) in [7, 11) is 0. The molecule has 0 aliphatic carbocycles. The van der Waals surface area contributed by atoms with Crippen molar-refractivity contribution < 1.29 is 4.74 Å². The van der Waals surface area contributed by atoms with Gasteiger partial charge in [-0.25, -0.2) is 0 Å². The van der Waals surface area contributed by atoms with Crippen LogP contribution in [0, 0.1) is 13.8 Å². The van der Waals surface area contributed by atoms with E-state index >= 15 is 0 Å². The van der Waals surface area contributed by atoms with Crippen LogP contribution in [0.1, 0.15) is 50.2 Å². The molecule has 0 saturated heterocycles. The molecule has 0 bridgehead atoms. The van der Waals surface area contributed by atoms with Crippen LogP contribution in [0.4, 0.5) is 0 Å². The molecule has 0 unspecified atom stereocenters. The fourth-order valence-corrected chi connectivity index (χ4v) is 1.88. The summed E-state index contributed by atoms with van der Waals surface area (Å²) in [5.74, 6) is 0.937. The van der Waals surface area contributed by atoms with Crippen LogP contribution in [0.2, 0.25) is 0 Å². The highest BCUT2D eigenvalue weighted by Crippen LogP contribution is 2.16. The molecule has 0 amide bonds. The molecular formula is C16H24O. The second kappa shape index (κ2) is 7.94. The van der Waals surface area contributed by atoms with Crippen LogP contribution < -0.4 is 4.74 Å². The minimum Gasteiger partial charge on any atom is -0.465 e. The van der Waals surface area contributed by atoms with E-state index in [-0.39, 0.29) is 0 Å². The van der Waals surface area contributed by atoms with Crippen molar-refractivity contribution >= 4 is 0 Å². The molecule has 0 aliphatic heterocycles. The predicted octanol–water partition coefficient (Wildman–Crippen LogP) is 5.17. The summed E-state index contributed by atoms with van der Waals surface area (Å²) in [5.41, 5.74) is 2.49. The topological polar surface area (TPSA) is 9.23 Å². The normalized spacial score (nSPS) is 11.0. The summed E-state index contributed by atoms with van der Waals surface area (Å²) >= 11 is 0. The third-order valence-corrected chi connectivity index (χ3v) is 2.72. The second-order valence-electron chi connectivity index (χ2n) is 4.66. The van der Waals surface area contributed by atoms with Crippen LogP contribution in [0.5, 0.6) is 5.75 Å². The summed E-state index contributed by atoms with van der Waals surface area (Å²) in [5, 5.41) is 0. The third kappa shape index (κ3) is 6.15. The van der Waals surface area contributed by atoms with Gasteiger partial charge >= 0.3 is 0 Å². The Kier molecular flexibility index (Phi) is 6.46. The van der Waals surface area contributed by atoms with Crippen molar-refractivity contribution in [1.82, 2.24) is 0 Å². The molecule has 0 aromatic heterocycles. The number of ether oxygens (including phenoxy) is 1. The van der Waals surface area contributed by atoms with E-state index in [2.05, 4.69) is 45.0 Å². The minimum absolute atomic E-state index is 0.937. The monoisotopic (exact) mass is 232 g/mol. The summed E-state index contributed by atoms with van der Waals surface area (Å²) in [4.78, 5) is 0. The molecule has 1 nitrogen and oxygen atoms in total. The number of rotatable bonds is 7. The summed E-state index contributed by atoms with van der Waals surface area (Å²) in [6.45, 7) is 6.42. The number of benzene rings is 1.